The number of rotatable bonds is 1. The highest BCUT2D eigenvalue weighted by Crippen LogP contribution is 2.47. The Balaban J connectivity index is 2.18. The zero-order valence-corrected chi connectivity index (χ0v) is 12.5. The summed E-state index contributed by atoms with van der Waals surface area (Å²) in [6.45, 7) is 7.98. The molecule has 1 aliphatic heterocycles. The summed E-state index contributed by atoms with van der Waals surface area (Å²) in [5, 5.41) is 15.0. The lowest BCUT2D eigenvalue weighted by molar-refractivity contribution is -0.114. The summed E-state index contributed by atoms with van der Waals surface area (Å²) in [4.78, 5) is 0. The van der Waals surface area contributed by atoms with E-state index in [0.29, 0.717) is 12.0 Å². The molecule has 0 bridgehead atoms. The van der Waals surface area contributed by atoms with Crippen molar-refractivity contribution in [3.63, 3.8) is 0 Å². The first-order valence-electron chi connectivity index (χ1n) is 7.90. The average molecular weight is 253 g/mol. The van der Waals surface area contributed by atoms with Crippen LogP contribution in [0.3, 0.4) is 0 Å². The minimum absolute atomic E-state index is 0.211. The molecule has 1 heterocycles. The Morgan fingerprint density at radius 1 is 1.00 bits per heavy atom. The fraction of sp³-hybridized carbons (Fsp3) is 1.00. The first-order chi connectivity index (χ1) is 8.44. The van der Waals surface area contributed by atoms with Crippen molar-refractivity contribution in [1.29, 1.82) is 0 Å². The summed E-state index contributed by atoms with van der Waals surface area (Å²) in [5.74, 6) is 0.439. The van der Waals surface area contributed by atoms with Gasteiger partial charge in [-0.3, -0.25) is 0 Å². The van der Waals surface area contributed by atoms with Crippen LogP contribution < -0.4 is 5.32 Å². The molecule has 2 fully saturated rings. The van der Waals surface area contributed by atoms with Crippen LogP contribution in [0.1, 0.15) is 72.1 Å². The van der Waals surface area contributed by atoms with Gasteiger partial charge in [0.1, 0.15) is 0 Å². The van der Waals surface area contributed by atoms with E-state index in [0.717, 1.165) is 19.4 Å². The molecule has 0 aromatic rings. The van der Waals surface area contributed by atoms with Crippen molar-refractivity contribution in [1.82, 2.24) is 5.32 Å². The van der Waals surface area contributed by atoms with Gasteiger partial charge in [0.05, 0.1) is 5.60 Å². The van der Waals surface area contributed by atoms with E-state index < -0.39 is 5.60 Å². The molecule has 3 unspecified atom stereocenters. The van der Waals surface area contributed by atoms with Gasteiger partial charge in [-0.15, -0.1) is 0 Å². The fourth-order valence-corrected chi connectivity index (χ4v) is 4.24. The summed E-state index contributed by atoms with van der Waals surface area (Å²) >= 11 is 0. The van der Waals surface area contributed by atoms with Gasteiger partial charge in [0.2, 0.25) is 0 Å². The quantitative estimate of drug-likeness (QED) is 0.750. The van der Waals surface area contributed by atoms with Crippen LogP contribution in [0.25, 0.3) is 0 Å². The highest BCUT2D eigenvalue weighted by Gasteiger charge is 2.49. The van der Waals surface area contributed by atoms with Crippen molar-refractivity contribution >= 4 is 0 Å². The van der Waals surface area contributed by atoms with Gasteiger partial charge < -0.3 is 10.4 Å². The largest absolute Gasteiger partial charge is 0.388 e. The summed E-state index contributed by atoms with van der Waals surface area (Å²) in [7, 11) is 0. The van der Waals surface area contributed by atoms with Crippen LogP contribution in [-0.4, -0.2) is 23.3 Å². The molecular weight excluding hydrogens is 222 g/mol. The standard InChI is InChI=1S/C16H31NO/c1-15(2,3)13-9-6-7-11-16(13,18)14-10-5-4-8-12-17-14/h13-14,17-18H,4-12H2,1-3H3. The van der Waals surface area contributed by atoms with Crippen molar-refractivity contribution in [3.8, 4) is 0 Å². The van der Waals surface area contributed by atoms with E-state index in [9.17, 15) is 5.11 Å². The van der Waals surface area contributed by atoms with Crippen LogP contribution >= 0.6 is 0 Å². The van der Waals surface area contributed by atoms with Crippen LogP contribution in [0, 0.1) is 11.3 Å². The zero-order chi connectivity index (χ0) is 13.2. The summed E-state index contributed by atoms with van der Waals surface area (Å²) in [6.07, 6.45) is 9.69. The van der Waals surface area contributed by atoms with Gasteiger partial charge in [-0.1, -0.05) is 46.5 Å². The van der Waals surface area contributed by atoms with Crippen molar-refractivity contribution in [2.45, 2.75) is 83.8 Å². The lowest BCUT2D eigenvalue weighted by Gasteiger charge is -2.50. The Hall–Kier alpha value is -0.0800. The second-order valence-corrected chi connectivity index (χ2v) is 7.51. The van der Waals surface area contributed by atoms with Crippen LogP contribution in [0.4, 0.5) is 0 Å². The fourth-order valence-electron chi connectivity index (χ4n) is 4.24. The van der Waals surface area contributed by atoms with Crippen LogP contribution in [0.2, 0.25) is 0 Å². The maximum Gasteiger partial charge on any atom is 0.0832 e. The highest BCUT2D eigenvalue weighted by molar-refractivity contribution is 5.03. The number of nitrogens with one attached hydrogen (secondary N) is 1. The van der Waals surface area contributed by atoms with Gasteiger partial charge in [-0.25, -0.2) is 0 Å². The van der Waals surface area contributed by atoms with Gasteiger partial charge in [0, 0.05) is 6.04 Å². The van der Waals surface area contributed by atoms with Gasteiger partial charge >= 0.3 is 0 Å². The molecule has 106 valence electrons. The number of hydrogen-bond donors (Lipinski definition) is 2. The predicted molar refractivity (Wildman–Crippen MR) is 76.6 cm³/mol. The Labute approximate surface area is 113 Å². The molecule has 0 aromatic carbocycles. The van der Waals surface area contributed by atoms with E-state index in [-0.39, 0.29) is 5.41 Å². The summed E-state index contributed by atoms with van der Waals surface area (Å²) in [5.41, 5.74) is -0.260. The molecule has 0 spiro atoms. The third kappa shape index (κ3) is 2.91. The van der Waals surface area contributed by atoms with Crippen molar-refractivity contribution in [2.24, 2.45) is 11.3 Å². The SMILES string of the molecule is CC(C)(C)C1CCCCC1(O)C1CCCCCN1. The molecule has 1 aliphatic carbocycles. The molecule has 2 nitrogen and oxygen atoms in total. The Morgan fingerprint density at radius 2 is 1.72 bits per heavy atom. The van der Waals surface area contributed by atoms with Crippen LogP contribution in [0.5, 0.6) is 0 Å². The first-order valence-corrected chi connectivity index (χ1v) is 7.90. The van der Waals surface area contributed by atoms with Gasteiger partial charge in [-0.05, 0) is 43.6 Å². The number of aliphatic hydroxyl groups is 1. The molecule has 2 N–H and O–H groups in total. The molecule has 0 radical (unpaired) electrons. The molecule has 1 saturated carbocycles. The third-order valence-corrected chi connectivity index (χ3v) is 5.13. The van der Waals surface area contributed by atoms with Crippen molar-refractivity contribution in [3.05, 3.63) is 0 Å². The van der Waals surface area contributed by atoms with Gasteiger partial charge in [-0.2, -0.15) is 0 Å². The zero-order valence-electron chi connectivity index (χ0n) is 12.5. The minimum atomic E-state index is -0.471. The first kappa shape index (κ1) is 14.3. The van der Waals surface area contributed by atoms with E-state index in [4.69, 9.17) is 0 Å². The molecular formula is C16H31NO. The third-order valence-electron chi connectivity index (χ3n) is 5.13. The lowest BCUT2D eigenvalue weighted by Crippen LogP contribution is -2.59. The molecule has 2 heteroatoms. The predicted octanol–water partition coefficient (Wildman–Crippen LogP) is 3.49. The number of hydrogen-bond acceptors (Lipinski definition) is 2. The maximum absolute atomic E-state index is 11.4. The van der Waals surface area contributed by atoms with E-state index >= 15 is 0 Å². The van der Waals surface area contributed by atoms with Crippen molar-refractivity contribution in [2.75, 3.05) is 6.54 Å². The van der Waals surface area contributed by atoms with E-state index in [2.05, 4.69) is 26.1 Å². The smallest absolute Gasteiger partial charge is 0.0832 e. The molecule has 0 aromatic heterocycles. The summed E-state index contributed by atoms with van der Waals surface area (Å²) < 4.78 is 0. The maximum atomic E-state index is 11.4. The molecule has 2 aliphatic rings. The molecule has 1 saturated heterocycles. The minimum Gasteiger partial charge on any atom is -0.388 e. The Kier molecular flexibility index (Phi) is 4.38. The second kappa shape index (κ2) is 5.50. The average Bonchev–Trinajstić information content (AvgIpc) is 2.56. The lowest BCUT2D eigenvalue weighted by atomic mass is 9.61. The van der Waals surface area contributed by atoms with Crippen LogP contribution in [0.15, 0.2) is 0 Å². The highest BCUT2D eigenvalue weighted by atomic mass is 16.3. The van der Waals surface area contributed by atoms with Crippen molar-refractivity contribution < 1.29 is 5.11 Å². The molecule has 2 rings (SSSR count). The van der Waals surface area contributed by atoms with E-state index in [1.54, 1.807) is 0 Å². The van der Waals surface area contributed by atoms with E-state index in [1.165, 1.54) is 38.5 Å². The molecule has 0 amide bonds. The second-order valence-electron chi connectivity index (χ2n) is 7.51. The van der Waals surface area contributed by atoms with E-state index in [1.807, 2.05) is 0 Å². The molecule has 18 heavy (non-hydrogen) atoms. The topological polar surface area (TPSA) is 32.3 Å². The molecule has 3 atom stereocenters. The normalized spacial score (nSPS) is 39.3. The Morgan fingerprint density at radius 3 is 2.44 bits per heavy atom. The van der Waals surface area contributed by atoms with Gasteiger partial charge in [0.25, 0.3) is 0 Å². The monoisotopic (exact) mass is 253 g/mol. The summed E-state index contributed by atoms with van der Waals surface area (Å²) in [6, 6.07) is 0.324. The van der Waals surface area contributed by atoms with Crippen LogP contribution in [-0.2, 0) is 0 Å². The van der Waals surface area contributed by atoms with Gasteiger partial charge in [0.15, 0.2) is 0 Å². The Bertz CT molecular complexity index is 263.